The second kappa shape index (κ2) is 3.92. The Morgan fingerprint density at radius 1 is 1.05 bits per heavy atom. The van der Waals surface area contributed by atoms with Gasteiger partial charge in [0.05, 0.1) is 6.10 Å². The van der Waals surface area contributed by atoms with E-state index in [0.717, 1.165) is 32.1 Å². The summed E-state index contributed by atoms with van der Waals surface area (Å²) in [4.78, 5) is 25.3. The fraction of sp³-hybridized carbons (Fsp3) is 0.789. The summed E-state index contributed by atoms with van der Waals surface area (Å²) >= 11 is 0. The molecule has 118 valence electrons. The number of epoxide rings is 1. The molecule has 0 aromatic heterocycles. The van der Waals surface area contributed by atoms with Gasteiger partial charge in [-0.1, -0.05) is 13.8 Å². The van der Waals surface area contributed by atoms with Crippen molar-refractivity contribution in [3.8, 4) is 0 Å². The summed E-state index contributed by atoms with van der Waals surface area (Å²) in [5.74, 6) is 1.47. The molecular weight excluding hydrogens is 276 g/mol. The van der Waals surface area contributed by atoms with Crippen molar-refractivity contribution in [3.63, 3.8) is 0 Å². The van der Waals surface area contributed by atoms with Crippen molar-refractivity contribution in [1.29, 1.82) is 0 Å². The molecule has 3 saturated carbocycles. The lowest BCUT2D eigenvalue weighted by molar-refractivity contribution is -0.139. The first-order valence-electron chi connectivity index (χ1n) is 8.90. The molecule has 0 aromatic carbocycles. The highest BCUT2D eigenvalue weighted by Crippen LogP contribution is 2.65. The minimum atomic E-state index is -0.230. The van der Waals surface area contributed by atoms with Crippen LogP contribution in [-0.2, 0) is 14.3 Å². The quantitative estimate of drug-likeness (QED) is 0.646. The van der Waals surface area contributed by atoms with E-state index in [0.29, 0.717) is 30.0 Å². The van der Waals surface area contributed by atoms with Crippen LogP contribution in [0.2, 0.25) is 0 Å². The average Bonchev–Trinajstić information content (AvgIpc) is 3.21. The molecule has 0 N–H and O–H groups in total. The Bertz CT molecular complexity index is 620. The van der Waals surface area contributed by atoms with Crippen LogP contribution >= 0.6 is 0 Å². The van der Waals surface area contributed by atoms with E-state index >= 15 is 0 Å². The molecule has 5 aliphatic rings. The Morgan fingerprint density at radius 3 is 2.59 bits per heavy atom. The van der Waals surface area contributed by atoms with Crippen LogP contribution in [0.3, 0.4) is 0 Å². The minimum Gasteiger partial charge on any atom is -0.365 e. The van der Waals surface area contributed by atoms with Crippen LogP contribution in [0.1, 0.15) is 52.4 Å². The summed E-state index contributed by atoms with van der Waals surface area (Å²) in [7, 11) is 0. The zero-order valence-corrected chi connectivity index (χ0v) is 13.4. The van der Waals surface area contributed by atoms with Crippen LogP contribution in [0.5, 0.6) is 0 Å². The molecule has 1 heterocycles. The highest BCUT2D eigenvalue weighted by Gasteiger charge is 2.64. The van der Waals surface area contributed by atoms with Crippen LogP contribution in [-0.4, -0.2) is 23.8 Å². The Labute approximate surface area is 131 Å². The SMILES string of the molecule is C[C@]12CCC3OC3C1=CC(=O)[C@@H]1[C@H]2CC[C@]2(C)C(=O)CC[C@@H]12. The third kappa shape index (κ3) is 1.42. The number of hydrogen-bond acceptors (Lipinski definition) is 3. The number of rotatable bonds is 0. The molecule has 0 aromatic rings. The lowest BCUT2D eigenvalue weighted by atomic mass is 9.48. The minimum absolute atomic E-state index is 0.0780. The summed E-state index contributed by atoms with van der Waals surface area (Å²) in [6.45, 7) is 4.49. The molecule has 0 bridgehead atoms. The lowest BCUT2D eigenvalue weighted by Crippen LogP contribution is -2.53. The standard InChI is InChI=1S/C19H24O3/c1-18-8-6-14-17(22-14)12(18)9-13(20)16-10-3-4-15(21)19(10,2)7-5-11(16)18/h9-11,14,16-17H,3-8H2,1-2H3/t10-,11+,14?,16-,17?,18+,19-/m0/s1. The molecule has 4 aliphatic carbocycles. The highest BCUT2D eigenvalue weighted by molar-refractivity contribution is 5.97. The topological polar surface area (TPSA) is 46.7 Å². The van der Waals surface area contributed by atoms with Gasteiger partial charge in [-0.2, -0.15) is 0 Å². The molecule has 1 aliphatic heterocycles. The van der Waals surface area contributed by atoms with Crippen molar-refractivity contribution in [2.24, 2.45) is 28.6 Å². The number of Topliss-reactive ketones (excluding diaryl/α,β-unsaturated/α-hetero) is 1. The number of hydrogen-bond donors (Lipinski definition) is 0. The number of ketones is 2. The predicted molar refractivity (Wildman–Crippen MR) is 81.1 cm³/mol. The summed E-state index contributed by atoms with van der Waals surface area (Å²) in [6.07, 6.45) is 8.42. The van der Waals surface area contributed by atoms with Crippen molar-refractivity contribution in [2.75, 3.05) is 0 Å². The number of allylic oxidation sites excluding steroid dienone is 1. The smallest absolute Gasteiger partial charge is 0.159 e. The van der Waals surface area contributed by atoms with Crippen LogP contribution in [0.4, 0.5) is 0 Å². The molecule has 22 heavy (non-hydrogen) atoms. The Kier molecular flexibility index (Phi) is 2.40. The maximum absolute atomic E-state index is 12.9. The van der Waals surface area contributed by atoms with E-state index in [9.17, 15) is 9.59 Å². The summed E-state index contributed by atoms with van der Waals surface area (Å²) < 4.78 is 5.79. The van der Waals surface area contributed by atoms with Crippen LogP contribution in [0.15, 0.2) is 11.6 Å². The number of fused-ring (bicyclic) bond motifs is 7. The molecule has 3 nitrogen and oxygen atoms in total. The molecule has 0 radical (unpaired) electrons. The second-order valence-corrected chi connectivity index (χ2v) is 8.71. The number of carbonyl (C=O) groups excluding carboxylic acids is 2. The highest BCUT2D eigenvalue weighted by atomic mass is 16.6. The first-order valence-corrected chi connectivity index (χ1v) is 8.90. The van der Waals surface area contributed by atoms with Gasteiger partial charge in [0.2, 0.25) is 0 Å². The van der Waals surface area contributed by atoms with Gasteiger partial charge in [-0.3, -0.25) is 9.59 Å². The van der Waals surface area contributed by atoms with Gasteiger partial charge in [-0.05, 0) is 61.0 Å². The van der Waals surface area contributed by atoms with Crippen LogP contribution < -0.4 is 0 Å². The van der Waals surface area contributed by atoms with E-state index in [1.54, 1.807) is 0 Å². The Balaban J connectivity index is 1.60. The normalized spacial score (nSPS) is 55.7. The van der Waals surface area contributed by atoms with E-state index in [4.69, 9.17) is 4.74 Å². The molecule has 7 atom stereocenters. The first-order chi connectivity index (χ1) is 10.4. The van der Waals surface area contributed by atoms with Crippen molar-refractivity contribution < 1.29 is 14.3 Å². The fourth-order valence-corrected chi connectivity index (χ4v) is 6.47. The maximum atomic E-state index is 12.9. The zero-order valence-electron chi connectivity index (χ0n) is 13.4. The van der Waals surface area contributed by atoms with Crippen molar-refractivity contribution in [1.82, 2.24) is 0 Å². The lowest BCUT2D eigenvalue weighted by Gasteiger charge is -2.54. The van der Waals surface area contributed by atoms with Gasteiger partial charge in [0.1, 0.15) is 11.9 Å². The van der Waals surface area contributed by atoms with Gasteiger partial charge < -0.3 is 4.74 Å². The van der Waals surface area contributed by atoms with Crippen molar-refractivity contribution in [3.05, 3.63) is 11.6 Å². The van der Waals surface area contributed by atoms with Gasteiger partial charge in [0.25, 0.3) is 0 Å². The maximum Gasteiger partial charge on any atom is 0.159 e. The van der Waals surface area contributed by atoms with Crippen LogP contribution in [0, 0.1) is 28.6 Å². The zero-order chi connectivity index (χ0) is 15.3. The predicted octanol–water partition coefficient (Wildman–Crippen LogP) is 3.07. The summed E-state index contributed by atoms with van der Waals surface area (Å²) in [5, 5.41) is 0. The van der Waals surface area contributed by atoms with Crippen LogP contribution in [0.25, 0.3) is 0 Å². The Hall–Kier alpha value is -0.960. The van der Waals surface area contributed by atoms with Gasteiger partial charge in [0, 0.05) is 17.8 Å². The van der Waals surface area contributed by atoms with Gasteiger partial charge in [0.15, 0.2) is 5.78 Å². The van der Waals surface area contributed by atoms with E-state index in [2.05, 4.69) is 13.8 Å². The Morgan fingerprint density at radius 2 is 1.77 bits per heavy atom. The van der Waals surface area contributed by atoms with Gasteiger partial charge >= 0.3 is 0 Å². The molecule has 0 spiro atoms. The fourth-order valence-electron chi connectivity index (χ4n) is 6.47. The summed E-state index contributed by atoms with van der Waals surface area (Å²) in [5.41, 5.74) is 1.18. The third-order valence-electron chi connectivity index (χ3n) is 7.92. The first kappa shape index (κ1) is 13.5. The average molecular weight is 300 g/mol. The number of ether oxygens (including phenoxy) is 1. The van der Waals surface area contributed by atoms with E-state index < -0.39 is 0 Å². The van der Waals surface area contributed by atoms with Gasteiger partial charge in [-0.15, -0.1) is 0 Å². The second-order valence-electron chi connectivity index (χ2n) is 8.71. The summed E-state index contributed by atoms with van der Waals surface area (Å²) in [6, 6.07) is 0. The van der Waals surface area contributed by atoms with Crippen molar-refractivity contribution >= 4 is 11.6 Å². The van der Waals surface area contributed by atoms with E-state index in [-0.39, 0.29) is 28.8 Å². The molecule has 3 heteroatoms. The largest absolute Gasteiger partial charge is 0.365 e. The number of carbonyl (C=O) groups is 2. The third-order valence-corrected chi connectivity index (χ3v) is 7.92. The van der Waals surface area contributed by atoms with E-state index in [1.165, 1.54) is 5.57 Å². The van der Waals surface area contributed by atoms with Gasteiger partial charge in [-0.25, -0.2) is 0 Å². The van der Waals surface area contributed by atoms with E-state index in [1.807, 2.05) is 6.08 Å². The monoisotopic (exact) mass is 300 g/mol. The molecular formula is C19H24O3. The molecule has 4 fully saturated rings. The molecule has 2 unspecified atom stereocenters. The molecule has 5 rings (SSSR count). The molecule has 0 amide bonds. The van der Waals surface area contributed by atoms with Crippen molar-refractivity contribution in [2.45, 2.75) is 64.6 Å². The molecule has 1 saturated heterocycles.